The first-order valence-electron chi connectivity index (χ1n) is 6.44. The molecule has 0 bridgehead atoms. The van der Waals surface area contributed by atoms with Gasteiger partial charge in [-0.05, 0) is 18.1 Å². The Balaban J connectivity index is 2.49. The van der Waals surface area contributed by atoms with E-state index in [9.17, 15) is 9.59 Å². The number of carbonyl (C=O) groups excluding carboxylic acids is 2. The van der Waals surface area contributed by atoms with Crippen LogP contribution in [0.1, 0.15) is 42.1 Å². The molecule has 0 heterocycles. The number of hydrogen-bond donors (Lipinski definition) is 0. The summed E-state index contributed by atoms with van der Waals surface area (Å²) in [5.41, 5.74) is 1.56. The molecule has 0 fully saturated rings. The highest BCUT2D eigenvalue weighted by Crippen LogP contribution is 2.10. The maximum atomic E-state index is 11.9. The molecule has 4 heteroatoms. The first-order chi connectivity index (χ1) is 9.17. The molecule has 1 aromatic carbocycles. The zero-order valence-corrected chi connectivity index (χ0v) is 11.5. The Labute approximate surface area is 113 Å². The van der Waals surface area contributed by atoms with Crippen LogP contribution in [0.25, 0.3) is 0 Å². The number of carbonyl (C=O) groups is 2. The number of hydrogen-bond acceptors (Lipinski definition) is 4. The van der Waals surface area contributed by atoms with Crippen LogP contribution < -0.4 is 0 Å². The lowest BCUT2D eigenvalue weighted by molar-refractivity contribution is -0.143. The predicted molar refractivity (Wildman–Crippen MR) is 72.0 cm³/mol. The standard InChI is InChI=1S/C15H20O4/c1-3-9-19-15(17)8-7-14(16)13-6-4-5-12(10-13)11-18-2/h4-6,10H,3,7-9,11H2,1-2H3. The number of rotatable bonds is 8. The average Bonchev–Trinajstić information content (AvgIpc) is 2.43. The first-order valence-corrected chi connectivity index (χ1v) is 6.44. The minimum absolute atomic E-state index is 0.0496. The fraction of sp³-hybridized carbons (Fsp3) is 0.467. The zero-order valence-electron chi connectivity index (χ0n) is 11.5. The van der Waals surface area contributed by atoms with Crippen molar-refractivity contribution in [2.75, 3.05) is 13.7 Å². The summed E-state index contributed by atoms with van der Waals surface area (Å²) in [4.78, 5) is 23.2. The maximum absolute atomic E-state index is 11.9. The molecule has 1 aromatic rings. The Morgan fingerprint density at radius 2 is 2.00 bits per heavy atom. The molecule has 0 saturated carbocycles. The molecule has 104 valence electrons. The summed E-state index contributed by atoms with van der Waals surface area (Å²) < 4.78 is 9.95. The molecule has 0 saturated heterocycles. The highest BCUT2D eigenvalue weighted by atomic mass is 16.5. The van der Waals surface area contributed by atoms with E-state index in [-0.39, 0.29) is 24.6 Å². The van der Waals surface area contributed by atoms with Crippen LogP contribution in [0.5, 0.6) is 0 Å². The first kappa shape index (κ1) is 15.4. The topological polar surface area (TPSA) is 52.6 Å². The third-order valence-electron chi connectivity index (χ3n) is 2.58. The Morgan fingerprint density at radius 1 is 1.21 bits per heavy atom. The second-order valence-electron chi connectivity index (χ2n) is 4.28. The average molecular weight is 264 g/mol. The molecule has 0 radical (unpaired) electrons. The molecule has 0 aliphatic carbocycles. The summed E-state index contributed by atoms with van der Waals surface area (Å²) in [6.07, 6.45) is 1.10. The SMILES string of the molecule is CCCOC(=O)CCC(=O)c1cccc(COC)c1. The normalized spacial score (nSPS) is 10.2. The molecular formula is C15H20O4. The van der Waals surface area contributed by atoms with E-state index in [1.54, 1.807) is 19.2 Å². The van der Waals surface area contributed by atoms with E-state index in [2.05, 4.69) is 0 Å². The Morgan fingerprint density at radius 3 is 2.68 bits per heavy atom. The van der Waals surface area contributed by atoms with Gasteiger partial charge in [-0.1, -0.05) is 25.1 Å². The summed E-state index contributed by atoms with van der Waals surface area (Å²) >= 11 is 0. The number of methoxy groups -OCH3 is 1. The molecule has 0 unspecified atom stereocenters. The Hall–Kier alpha value is -1.68. The number of benzene rings is 1. The van der Waals surface area contributed by atoms with E-state index in [0.717, 1.165) is 12.0 Å². The van der Waals surface area contributed by atoms with E-state index in [0.29, 0.717) is 18.8 Å². The minimum Gasteiger partial charge on any atom is -0.466 e. The molecular weight excluding hydrogens is 244 g/mol. The van der Waals surface area contributed by atoms with E-state index in [1.165, 1.54) is 0 Å². The summed E-state index contributed by atoms with van der Waals surface area (Å²) in [5.74, 6) is -0.366. The van der Waals surface area contributed by atoms with Gasteiger partial charge in [-0.25, -0.2) is 0 Å². The third-order valence-corrected chi connectivity index (χ3v) is 2.58. The van der Waals surface area contributed by atoms with Gasteiger partial charge in [0.05, 0.1) is 19.6 Å². The van der Waals surface area contributed by atoms with Crippen molar-refractivity contribution in [1.82, 2.24) is 0 Å². The second-order valence-corrected chi connectivity index (χ2v) is 4.28. The van der Waals surface area contributed by atoms with Crippen LogP contribution in [0.3, 0.4) is 0 Å². The molecule has 0 aliphatic rings. The van der Waals surface area contributed by atoms with Crippen molar-refractivity contribution in [3.8, 4) is 0 Å². The van der Waals surface area contributed by atoms with Crippen molar-refractivity contribution in [2.45, 2.75) is 32.8 Å². The number of ether oxygens (including phenoxy) is 2. The number of esters is 1. The highest BCUT2D eigenvalue weighted by Gasteiger charge is 2.10. The lowest BCUT2D eigenvalue weighted by Crippen LogP contribution is -2.09. The zero-order chi connectivity index (χ0) is 14.1. The van der Waals surface area contributed by atoms with Crippen LogP contribution in [-0.2, 0) is 20.9 Å². The fourth-order valence-electron chi connectivity index (χ4n) is 1.65. The van der Waals surface area contributed by atoms with Crippen LogP contribution in [0.4, 0.5) is 0 Å². The van der Waals surface area contributed by atoms with E-state index in [1.807, 2.05) is 19.1 Å². The molecule has 19 heavy (non-hydrogen) atoms. The van der Waals surface area contributed by atoms with Crippen molar-refractivity contribution >= 4 is 11.8 Å². The lowest BCUT2D eigenvalue weighted by Gasteiger charge is -2.05. The van der Waals surface area contributed by atoms with Crippen LogP contribution in [0.15, 0.2) is 24.3 Å². The second kappa shape index (κ2) is 8.43. The van der Waals surface area contributed by atoms with Gasteiger partial charge in [0.15, 0.2) is 5.78 Å². The van der Waals surface area contributed by atoms with Crippen LogP contribution >= 0.6 is 0 Å². The molecule has 0 aromatic heterocycles. The fourth-order valence-corrected chi connectivity index (χ4v) is 1.65. The maximum Gasteiger partial charge on any atom is 0.306 e. The number of Topliss-reactive ketones (excluding diaryl/α,β-unsaturated/α-hetero) is 1. The molecule has 0 aliphatic heterocycles. The van der Waals surface area contributed by atoms with Gasteiger partial charge in [-0.2, -0.15) is 0 Å². The Bertz CT molecular complexity index is 426. The van der Waals surface area contributed by atoms with Gasteiger partial charge in [0.2, 0.25) is 0 Å². The number of ketones is 1. The summed E-state index contributed by atoms with van der Waals surface area (Å²) in [6, 6.07) is 7.26. The summed E-state index contributed by atoms with van der Waals surface area (Å²) in [7, 11) is 1.61. The van der Waals surface area contributed by atoms with Gasteiger partial charge in [0.1, 0.15) is 0 Å². The van der Waals surface area contributed by atoms with Crippen LogP contribution in [-0.4, -0.2) is 25.5 Å². The lowest BCUT2D eigenvalue weighted by atomic mass is 10.0. The van der Waals surface area contributed by atoms with Crippen molar-refractivity contribution in [3.63, 3.8) is 0 Å². The van der Waals surface area contributed by atoms with Crippen LogP contribution in [0, 0.1) is 0 Å². The third kappa shape index (κ3) is 5.66. The largest absolute Gasteiger partial charge is 0.466 e. The van der Waals surface area contributed by atoms with Crippen molar-refractivity contribution in [2.24, 2.45) is 0 Å². The Kier molecular flexibility index (Phi) is 6.82. The monoisotopic (exact) mass is 264 g/mol. The predicted octanol–water partition coefficient (Wildman–Crippen LogP) is 2.75. The highest BCUT2D eigenvalue weighted by molar-refractivity contribution is 5.97. The summed E-state index contributed by atoms with van der Waals surface area (Å²) in [5, 5.41) is 0. The van der Waals surface area contributed by atoms with Crippen LogP contribution in [0.2, 0.25) is 0 Å². The van der Waals surface area contributed by atoms with Crippen molar-refractivity contribution in [1.29, 1.82) is 0 Å². The minimum atomic E-state index is -0.316. The smallest absolute Gasteiger partial charge is 0.306 e. The molecule has 0 amide bonds. The van der Waals surface area contributed by atoms with Gasteiger partial charge < -0.3 is 9.47 Å². The summed E-state index contributed by atoms with van der Waals surface area (Å²) in [6.45, 7) is 2.82. The van der Waals surface area contributed by atoms with Gasteiger partial charge in [0.25, 0.3) is 0 Å². The van der Waals surface area contributed by atoms with Gasteiger partial charge in [0, 0.05) is 19.1 Å². The molecule has 4 nitrogen and oxygen atoms in total. The van der Waals surface area contributed by atoms with Crippen molar-refractivity contribution < 1.29 is 19.1 Å². The molecule has 0 atom stereocenters. The van der Waals surface area contributed by atoms with Crippen molar-refractivity contribution in [3.05, 3.63) is 35.4 Å². The van der Waals surface area contributed by atoms with Gasteiger partial charge >= 0.3 is 5.97 Å². The van der Waals surface area contributed by atoms with Gasteiger partial charge in [-0.3, -0.25) is 9.59 Å². The molecule has 0 N–H and O–H groups in total. The van der Waals surface area contributed by atoms with E-state index < -0.39 is 0 Å². The molecule has 0 spiro atoms. The van der Waals surface area contributed by atoms with E-state index >= 15 is 0 Å². The van der Waals surface area contributed by atoms with Gasteiger partial charge in [-0.15, -0.1) is 0 Å². The quantitative estimate of drug-likeness (QED) is 0.535. The molecule has 1 rings (SSSR count). The van der Waals surface area contributed by atoms with E-state index in [4.69, 9.17) is 9.47 Å².